The molecule has 0 heterocycles. The molecule has 0 rings (SSSR count). The predicted molar refractivity (Wildman–Crippen MR) is 81.3 cm³/mol. The molecule has 0 aliphatic rings. The zero-order valence-corrected chi connectivity index (χ0v) is 13.6. The van der Waals surface area contributed by atoms with Crippen LogP contribution >= 0.6 is 11.8 Å². The molecule has 0 aliphatic carbocycles. The average molecular weight is 306 g/mol. The molecule has 0 bridgehead atoms. The van der Waals surface area contributed by atoms with Gasteiger partial charge in [-0.05, 0) is 19.1 Å². The Morgan fingerprint density at radius 3 is 2.35 bits per heavy atom. The fraction of sp³-hybridized carbons (Fsp3) is 0.846. The molecule has 0 spiro atoms. The summed E-state index contributed by atoms with van der Waals surface area (Å²) in [6, 6.07) is -0.357. The van der Waals surface area contributed by atoms with Gasteiger partial charge >= 0.3 is 12.0 Å². The van der Waals surface area contributed by atoms with Crippen LogP contribution in [0.25, 0.3) is 0 Å². The van der Waals surface area contributed by atoms with Gasteiger partial charge in [-0.25, -0.2) is 4.79 Å². The molecule has 0 aromatic rings. The molecule has 6 nitrogen and oxygen atoms in total. The van der Waals surface area contributed by atoms with Crippen molar-refractivity contribution in [2.24, 2.45) is 0 Å². The maximum Gasteiger partial charge on any atom is 0.323 e. The van der Waals surface area contributed by atoms with Crippen LogP contribution in [-0.4, -0.2) is 66.4 Å². The third-order valence-corrected chi connectivity index (χ3v) is 5.05. The van der Waals surface area contributed by atoms with Crippen molar-refractivity contribution in [3.63, 3.8) is 0 Å². The summed E-state index contributed by atoms with van der Waals surface area (Å²) in [5.74, 6) is -1.03. The lowest BCUT2D eigenvalue weighted by Gasteiger charge is -2.31. The summed E-state index contributed by atoms with van der Waals surface area (Å²) in [7, 11) is 1.52. The number of nitrogens with zero attached hydrogens (tertiary/aromatic N) is 1. The maximum atomic E-state index is 12.1. The molecule has 0 aromatic carbocycles. The molecular weight excluding hydrogens is 280 g/mol. The molecule has 0 saturated heterocycles. The topological polar surface area (TPSA) is 78.9 Å². The van der Waals surface area contributed by atoms with E-state index in [1.807, 2.05) is 6.26 Å². The standard InChI is InChI=1S/C13H26N2O4S/c1-5-13(6-2,20-4)10-14-12(18)15(7-8-19-3)9-11(16)17/h5-10H2,1-4H3,(H,14,18)(H,16,17). The lowest BCUT2D eigenvalue weighted by molar-refractivity contribution is -0.137. The largest absolute Gasteiger partial charge is 0.480 e. The molecule has 20 heavy (non-hydrogen) atoms. The second-order valence-electron chi connectivity index (χ2n) is 4.56. The first-order valence-corrected chi connectivity index (χ1v) is 7.95. The smallest absolute Gasteiger partial charge is 0.323 e. The number of amides is 2. The van der Waals surface area contributed by atoms with Gasteiger partial charge in [0, 0.05) is 24.9 Å². The molecule has 0 fully saturated rings. The lowest BCUT2D eigenvalue weighted by atomic mass is 10.0. The number of carbonyl (C=O) groups is 2. The first kappa shape index (κ1) is 19.1. The number of aliphatic carboxylic acids is 1. The van der Waals surface area contributed by atoms with Gasteiger partial charge in [-0.1, -0.05) is 13.8 Å². The Hall–Kier alpha value is -0.950. The van der Waals surface area contributed by atoms with E-state index in [1.54, 1.807) is 11.8 Å². The number of hydrogen-bond acceptors (Lipinski definition) is 4. The van der Waals surface area contributed by atoms with Gasteiger partial charge in [0.25, 0.3) is 0 Å². The number of nitrogens with one attached hydrogen (secondary N) is 1. The van der Waals surface area contributed by atoms with Crippen LogP contribution < -0.4 is 5.32 Å². The molecule has 118 valence electrons. The van der Waals surface area contributed by atoms with Crippen LogP contribution in [0.4, 0.5) is 4.79 Å². The van der Waals surface area contributed by atoms with Crippen LogP contribution in [0, 0.1) is 0 Å². The van der Waals surface area contributed by atoms with E-state index in [1.165, 1.54) is 12.0 Å². The molecule has 2 amide bonds. The van der Waals surface area contributed by atoms with Gasteiger partial charge in [0.2, 0.25) is 0 Å². The molecule has 7 heteroatoms. The number of rotatable bonds is 10. The maximum absolute atomic E-state index is 12.1. The minimum atomic E-state index is -1.03. The fourth-order valence-electron chi connectivity index (χ4n) is 1.83. The van der Waals surface area contributed by atoms with E-state index in [9.17, 15) is 9.59 Å². The Labute approximate surface area is 125 Å². The summed E-state index contributed by atoms with van der Waals surface area (Å²) in [5, 5.41) is 11.7. The average Bonchev–Trinajstić information content (AvgIpc) is 2.44. The summed E-state index contributed by atoms with van der Waals surface area (Å²) in [5.41, 5.74) is 0. The van der Waals surface area contributed by atoms with Gasteiger partial charge in [-0.15, -0.1) is 0 Å². The zero-order valence-electron chi connectivity index (χ0n) is 12.8. The van der Waals surface area contributed by atoms with Crippen LogP contribution in [0.5, 0.6) is 0 Å². The lowest BCUT2D eigenvalue weighted by Crippen LogP contribution is -2.48. The van der Waals surface area contributed by atoms with E-state index >= 15 is 0 Å². The summed E-state index contributed by atoms with van der Waals surface area (Å²) in [4.78, 5) is 24.1. The normalized spacial score (nSPS) is 11.2. The van der Waals surface area contributed by atoms with Gasteiger partial charge in [0.15, 0.2) is 0 Å². The van der Waals surface area contributed by atoms with Gasteiger partial charge in [0.05, 0.1) is 6.61 Å². The summed E-state index contributed by atoms with van der Waals surface area (Å²) < 4.78 is 4.90. The number of ether oxygens (including phenoxy) is 1. The third-order valence-electron chi connectivity index (χ3n) is 3.46. The summed E-state index contributed by atoms with van der Waals surface area (Å²) in [6.07, 6.45) is 3.92. The van der Waals surface area contributed by atoms with Gasteiger partial charge in [-0.3, -0.25) is 4.79 Å². The van der Waals surface area contributed by atoms with Gasteiger partial charge in [0.1, 0.15) is 6.54 Å². The fourth-order valence-corrected chi connectivity index (χ4v) is 2.62. The van der Waals surface area contributed by atoms with Crippen molar-refractivity contribution in [3.8, 4) is 0 Å². The van der Waals surface area contributed by atoms with E-state index < -0.39 is 5.97 Å². The van der Waals surface area contributed by atoms with Crippen molar-refractivity contribution in [2.45, 2.75) is 31.4 Å². The highest BCUT2D eigenvalue weighted by molar-refractivity contribution is 8.00. The van der Waals surface area contributed by atoms with Crippen molar-refractivity contribution >= 4 is 23.8 Å². The molecule has 0 saturated carbocycles. The minimum Gasteiger partial charge on any atom is -0.480 e. The molecule has 0 aliphatic heterocycles. The van der Waals surface area contributed by atoms with Crippen molar-refractivity contribution in [3.05, 3.63) is 0 Å². The third kappa shape index (κ3) is 6.47. The van der Waals surface area contributed by atoms with Crippen LogP contribution in [0.1, 0.15) is 26.7 Å². The number of thioether (sulfide) groups is 1. The molecule has 0 aromatic heterocycles. The molecular formula is C13H26N2O4S. The van der Waals surface area contributed by atoms with E-state index in [2.05, 4.69) is 19.2 Å². The quantitative estimate of drug-likeness (QED) is 0.641. The van der Waals surface area contributed by atoms with Gasteiger partial charge < -0.3 is 20.1 Å². The van der Waals surface area contributed by atoms with Gasteiger partial charge in [-0.2, -0.15) is 11.8 Å². The Morgan fingerprint density at radius 2 is 1.95 bits per heavy atom. The Balaban J connectivity index is 4.54. The van der Waals surface area contributed by atoms with E-state index in [-0.39, 0.29) is 23.9 Å². The summed E-state index contributed by atoms with van der Waals surface area (Å²) in [6.45, 7) is 4.97. The van der Waals surface area contributed by atoms with Crippen LogP contribution in [0.3, 0.4) is 0 Å². The van der Waals surface area contributed by atoms with Crippen LogP contribution in [0.2, 0.25) is 0 Å². The van der Waals surface area contributed by atoms with Crippen LogP contribution in [0.15, 0.2) is 0 Å². The monoisotopic (exact) mass is 306 g/mol. The Morgan fingerprint density at radius 1 is 1.35 bits per heavy atom. The summed E-state index contributed by atoms with van der Waals surface area (Å²) >= 11 is 1.73. The van der Waals surface area contributed by atoms with E-state index in [4.69, 9.17) is 9.84 Å². The number of urea groups is 1. The highest BCUT2D eigenvalue weighted by atomic mass is 32.2. The zero-order chi connectivity index (χ0) is 15.6. The number of hydrogen-bond donors (Lipinski definition) is 2. The second-order valence-corrected chi connectivity index (χ2v) is 5.84. The Bertz CT molecular complexity index is 300. The highest BCUT2D eigenvalue weighted by Gasteiger charge is 2.26. The first-order chi connectivity index (χ1) is 9.44. The highest BCUT2D eigenvalue weighted by Crippen LogP contribution is 2.29. The number of carbonyl (C=O) groups excluding carboxylic acids is 1. The number of carboxylic acid groups (broad SMARTS) is 1. The first-order valence-electron chi connectivity index (χ1n) is 6.73. The van der Waals surface area contributed by atoms with E-state index in [0.29, 0.717) is 13.2 Å². The molecule has 0 unspecified atom stereocenters. The molecule has 0 radical (unpaired) electrons. The molecule has 2 N–H and O–H groups in total. The molecule has 0 atom stereocenters. The minimum absolute atomic E-state index is 0.00576. The van der Waals surface area contributed by atoms with Crippen molar-refractivity contribution in [2.75, 3.05) is 39.6 Å². The van der Waals surface area contributed by atoms with E-state index in [0.717, 1.165) is 12.8 Å². The SMILES string of the molecule is CCC(CC)(CNC(=O)N(CCOC)CC(=O)O)SC. The van der Waals surface area contributed by atoms with Crippen molar-refractivity contribution < 1.29 is 19.4 Å². The van der Waals surface area contributed by atoms with Crippen LogP contribution in [-0.2, 0) is 9.53 Å². The van der Waals surface area contributed by atoms with Crippen molar-refractivity contribution in [1.82, 2.24) is 10.2 Å². The number of carboxylic acids is 1. The predicted octanol–water partition coefficient (Wildman–Crippen LogP) is 1.65. The second kappa shape index (κ2) is 9.88. The number of methoxy groups -OCH3 is 1. The Kier molecular flexibility index (Phi) is 9.41. The van der Waals surface area contributed by atoms with Crippen molar-refractivity contribution in [1.29, 1.82) is 0 Å².